The van der Waals surface area contributed by atoms with Crippen LogP contribution < -0.4 is 9.80 Å². The Balaban J connectivity index is 0. The highest BCUT2D eigenvalue weighted by atomic mass is 32.3. The van der Waals surface area contributed by atoms with Crippen LogP contribution in [0.1, 0.15) is 325 Å². The highest BCUT2D eigenvalue weighted by Crippen LogP contribution is 2.17. The molecule has 2 rings (SSSR count). The maximum absolute atomic E-state index is 10.6. The van der Waals surface area contributed by atoms with E-state index in [0.29, 0.717) is 12.2 Å². The Hall–Kier alpha value is -2.14. The van der Waals surface area contributed by atoms with Crippen LogP contribution in [-0.2, 0) is 19.4 Å². The molecule has 0 spiro atoms. The quantitative estimate of drug-likeness (QED) is 0.0271. The molecule has 0 saturated carbocycles. The van der Waals surface area contributed by atoms with Crippen molar-refractivity contribution in [2.45, 2.75) is 325 Å². The van der Waals surface area contributed by atoms with E-state index in [0.717, 1.165) is 25.9 Å². The van der Waals surface area contributed by atoms with Gasteiger partial charge in [0.1, 0.15) is 19.0 Å². The Morgan fingerprint density at radius 3 is 1.00 bits per heavy atom. The molecule has 2 atom stereocenters. The third kappa shape index (κ3) is 58.3. The van der Waals surface area contributed by atoms with Gasteiger partial charge in [-0.2, -0.15) is 0 Å². The summed E-state index contributed by atoms with van der Waals surface area (Å²) in [6.07, 6.45) is 68.9. The predicted octanol–water partition coefficient (Wildman–Crippen LogP) is 17.1. The molecule has 0 fully saturated rings. The summed E-state index contributed by atoms with van der Waals surface area (Å²) in [6, 6.07) is 0. The first-order valence-corrected chi connectivity index (χ1v) is 34.6. The van der Waals surface area contributed by atoms with Gasteiger partial charge in [-0.25, -0.2) is 23.2 Å². The highest BCUT2D eigenvalue weighted by molar-refractivity contribution is 7.80. The van der Waals surface area contributed by atoms with E-state index < -0.39 is 10.4 Å². The van der Waals surface area contributed by atoms with Gasteiger partial charge in [0.15, 0.2) is 0 Å². The summed E-state index contributed by atoms with van der Waals surface area (Å²) in [7, 11) is -4.42. The first kappa shape index (κ1) is 76.9. The lowest BCUT2D eigenvalue weighted by Gasteiger charge is -2.18. The third-order valence-electron chi connectivity index (χ3n) is 15.0. The van der Waals surface area contributed by atoms with Gasteiger partial charge in [0.05, 0.1) is 32.8 Å². The van der Waals surface area contributed by atoms with Crippen LogP contribution >= 0.6 is 0 Å². The average molecular weight is 1100 g/mol. The summed E-state index contributed by atoms with van der Waals surface area (Å²) in [5, 5.41) is 4.13. The molecule has 0 aromatic rings. The molecule has 77 heavy (non-hydrogen) atoms. The normalized spacial score (nSPS) is 15.1. The largest absolute Gasteiger partial charge is 0.726 e. The monoisotopic (exact) mass is 1100 g/mol. The minimum atomic E-state index is -4.42. The lowest BCUT2D eigenvalue weighted by Crippen LogP contribution is -3.12. The van der Waals surface area contributed by atoms with E-state index in [1.54, 1.807) is 9.80 Å². The Morgan fingerprint density at radius 1 is 0.481 bits per heavy atom. The van der Waals surface area contributed by atoms with Crippen molar-refractivity contribution in [1.29, 1.82) is 0 Å². The molecule has 0 saturated heterocycles. The van der Waals surface area contributed by atoms with E-state index in [1.807, 2.05) is 12.9 Å². The Labute approximate surface area is 479 Å². The summed E-state index contributed by atoms with van der Waals surface area (Å²) in [6.45, 7) is 22.1. The van der Waals surface area contributed by atoms with Gasteiger partial charge in [-0.15, -0.1) is 6.54 Å². The van der Waals surface area contributed by atoms with Gasteiger partial charge in [0.25, 0.3) is 0 Å². The fourth-order valence-corrected chi connectivity index (χ4v) is 10.4. The number of quaternary nitrogens is 2. The average Bonchev–Trinajstić information content (AvgIpc) is 4.10. The number of hydrogen-bond donors (Lipinski definition) is 2. The van der Waals surface area contributed by atoms with Gasteiger partial charge in [0.2, 0.25) is 22.1 Å². The molecular formula is C66H129N5O5S. The van der Waals surface area contributed by atoms with Crippen LogP contribution in [0.5, 0.6) is 0 Å². The fraction of sp³-hybridized carbons (Fsp3) is 0.879. The molecule has 2 aliphatic rings. The summed E-state index contributed by atoms with van der Waals surface area (Å²) in [4.78, 5) is 22.9. The summed E-state index contributed by atoms with van der Waals surface area (Å²) >= 11 is 0. The van der Waals surface area contributed by atoms with Gasteiger partial charge in [-0.3, -0.25) is 14.0 Å². The second-order valence-corrected chi connectivity index (χ2v) is 23.1. The number of aliphatic imine (C=N–C) groups is 2. The molecule has 0 radical (unpaired) electrons. The lowest BCUT2D eigenvalue weighted by molar-refractivity contribution is -0.794. The van der Waals surface area contributed by atoms with Crippen molar-refractivity contribution in [3.63, 3.8) is 0 Å². The summed E-state index contributed by atoms with van der Waals surface area (Å²) < 4.78 is 32.0. The number of nitrogens with zero attached hydrogens (tertiary/aromatic N) is 3. The van der Waals surface area contributed by atoms with E-state index in [9.17, 15) is 17.8 Å². The molecule has 2 unspecified atom stereocenters. The fourth-order valence-electron chi connectivity index (χ4n) is 10.1. The number of likely N-dealkylation sites (N-methyl/N-ethyl adjacent to an activating group) is 2. The van der Waals surface area contributed by atoms with Crippen molar-refractivity contribution < 1.29 is 31.7 Å². The molecule has 0 aromatic carbocycles. The summed E-state index contributed by atoms with van der Waals surface area (Å²) in [5.41, 5.74) is 0.626. The number of allylic oxidation sites excluding steroid dienone is 3. The van der Waals surface area contributed by atoms with E-state index in [2.05, 4.69) is 78.4 Å². The number of hydrogen-bond acceptors (Lipinski definition) is 7. The molecule has 2 aliphatic heterocycles. The molecule has 0 aliphatic carbocycles. The molecule has 454 valence electrons. The van der Waals surface area contributed by atoms with Crippen molar-refractivity contribution in [2.24, 2.45) is 9.98 Å². The first-order valence-electron chi connectivity index (χ1n) is 33.3. The van der Waals surface area contributed by atoms with Crippen LogP contribution in [0.15, 0.2) is 40.0 Å². The van der Waals surface area contributed by atoms with Gasteiger partial charge < -0.3 is 9.87 Å². The van der Waals surface area contributed by atoms with Crippen LogP contribution in [0.3, 0.4) is 0 Å². The molecule has 2 heterocycles. The number of nitrogens with one attached hydrogen (secondary N) is 2. The minimum absolute atomic E-state index is 0.0914. The highest BCUT2D eigenvalue weighted by Gasteiger charge is 2.18. The van der Waals surface area contributed by atoms with Crippen molar-refractivity contribution in [2.75, 3.05) is 52.4 Å². The molecular weight excluding hydrogens is 975 g/mol. The predicted molar refractivity (Wildman–Crippen MR) is 336 cm³/mol. The SMILES string of the molecule is CCCCCCCCCCCCCCCC=CC1=NCC[NH+]1CC.CCCCCCCCCCCCCCCC=CC1=NCC[NH+]1CC.CCCCCCCCCCCCCCCCC(=C=O)[N-]CC.CCOS(=O)(=O)[O-]. The lowest BCUT2D eigenvalue weighted by atomic mass is 10.0. The zero-order valence-electron chi connectivity index (χ0n) is 52.2. The van der Waals surface area contributed by atoms with Crippen LogP contribution in [0.2, 0.25) is 0 Å². The smallest absolute Gasteiger partial charge is 0.221 e. The van der Waals surface area contributed by atoms with Gasteiger partial charge >= 0.3 is 0 Å². The first-order chi connectivity index (χ1) is 37.7. The maximum Gasteiger partial charge on any atom is 0.221 e. The topological polar surface area (TPSA) is 131 Å². The van der Waals surface area contributed by atoms with Gasteiger partial charge in [0, 0.05) is 12.2 Å². The number of rotatable bonds is 51. The van der Waals surface area contributed by atoms with Crippen LogP contribution in [-0.4, -0.2) is 83.0 Å². The van der Waals surface area contributed by atoms with Crippen molar-refractivity contribution in [1.82, 2.24) is 0 Å². The van der Waals surface area contributed by atoms with E-state index >= 15 is 0 Å². The van der Waals surface area contributed by atoms with E-state index in [4.69, 9.17) is 0 Å². The Bertz CT molecular complexity index is 1440. The second kappa shape index (κ2) is 63.0. The Morgan fingerprint density at radius 2 is 0.766 bits per heavy atom. The minimum Gasteiger partial charge on any atom is -0.726 e. The zero-order chi connectivity index (χ0) is 56.8. The van der Waals surface area contributed by atoms with Gasteiger partial charge in [-0.1, -0.05) is 290 Å². The molecule has 2 N–H and O–H groups in total. The molecule has 0 amide bonds. The summed E-state index contributed by atoms with van der Waals surface area (Å²) in [5.74, 6) is 4.52. The standard InChI is InChI=1S/2C22H42N2.C20H38NO.C2H6O4S/c2*1-3-5-6-7-8-9-10-11-12-13-14-15-16-17-18-19-22-23-20-21-24(22)4-2;1-3-5-6-7-8-9-10-11-12-13-14-15-16-17-18-20(19-22)21-4-2;1-2-6-7(3,4)5/h2*18-19H,3-17,20-21H2,1-2H3;3-18H2,1-2H3;2H2,1H3,(H,3,4,5)/q;;-1;/p+1. The maximum atomic E-state index is 10.6. The van der Waals surface area contributed by atoms with Crippen molar-refractivity contribution in [3.8, 4) is 0 Å². The zero-order valence-corrected chi connectivity index (χ0v) is 53.0. The second-order valence-electron chi connectivity index (χ2n) is 22.0. The van der Waals surface area contributed by atoms with Crippen LogP contribution in [0, 0.1) is 0 Å². The van der Waals surface area contributed by atoms with Gasteiger partial charge in [-0.05, 0) is 52.9 Å². The van der Waals surface area contributed by atoms with E-state index in [-0.39, 0.29) is 6.61 Å². The van der Waals surface area contributed by atoms with E-state index in [1.165, 1.54) is 308 Å². The molecule has 0 bridgehead atoms. The third-order valence-corrected chi connectivity index (χ3v) is 15.5. The molecule has 10 nitrogen and oxygen atoms in total. The number of carbonyl (C=O) groups excluding carboxylic acids is 1. The van der Waals surface area contributed by atoms with Crippen LogP contribution in [0.25, 0.3) is 5.32 Å². The number of amidine groups is 2. The van der Waals surface area contributed by atoms with Crippen molar-refractivity contribution >= 4 is 28.0 Å². The molecule has 0 aromatic heterocycles. The van der Waals surface area contributed by atoms with Crippen molar-refractivity contribution in [3.05, 3.63) is 35.3 Å². The Kier molecular flexibility index (Phi) is 63.0. The molecule has 11 heteroatoms. The van der Waals surface area contributed by atoms with Crippen LogP contribution in [0.4, 0.5) is 0 Å². The number of unbranched alkanes of at least 4 members (excludes halogenated alkanes) is 39.